The number of aryl methyl sites for hydroxylation is 1. The molecule has 1 N–H and O–H groups in total. The number of pyridine rings is 1. The van der Waals surface area contributed by atoms with Gasteiger partial charge in [-0.15, -0.1) is 0 Å². The zero-order chi connectivity index (χ0) is 12.1. The van der Waals surface area contributed by atoms with Gasteiger partial charge in [0.25, 0.3) is 0 Å². The van der Waals surface area contributed by atoms with Gasteiger partial charge in [0.05, 0.1) is 0 Å². The molecule has 0 atom stereocenters. The van der Waals surface area contributed by atoms with Gasteiger partial charge in [-0.3, -0.25) is 4.98 Å². The molecule has 88 valence electrons. The molecule has 1 aromatic carbocycles. The van der Waals surface area contributed by atoms with E-state index >= 15 is 0 Å². The lowest BCUT2D eigenvalue weighted by Crippen LogP contribution is -2.12. The topological polar surface area (TPSA) is 24.9 Å². The summed E-state index contributed by atoms with van der Waals surface area (Å²) in [6.07, 6.45) is 3.75. The summed E-state index contributed by atoms with van der Waals surface area (Å²) in [5.41, 5.74) is 3.63. The van der Waals surface area contributed by atoms with E-state index in [1.807, 2.05) is 36.7 Å². The van der Waals surface area contributed by atoms with Crippen molar-refractivity contribution in [3.63, 3.8) is 0 Å². The number of nitrogens with one attached hydrogen (secondary N) is 1. The van der Waals surface area contributed by atoms with Gasteiger partial charge in [-0.25, -0.2) is 0 Å². The summed E-state index contributed by atoms with van der Waals surface area (Å²) in [5, 5.41) is 4.16. The van der Waals surface area contributed by atoms with Crippen LogP contribution in [0.3, 0.4) is 0 Å². The molecule has 0 radical (unpaired) electrons. The van der Waals surface area contributed by atoms with E-state index in [0.717, 1.165) is 18.1 Å². The lowest BCUT2D eigenvalue weighted by atomic mass is 10.2. The second-order valence-corrected chi connectivity index (χ2v) is 4.54. The number of nitrogens with zero attached hydrogens (tertiary/aromatic N) is 1. The van der Waals surface area contributed by atoms with E-state index < -0.39 is 0 Å². The molecule has 2 nitrogen and oxygen atoms in total. The lowest BCUT2D eigenvalue weighted by Gasteiger charge is -2.05. The number of rotatable bonds is 4. The minimum absolute atomic E-state index is 0.775. The third kappa shape index (κ3) is 3.84. The molecule has 0 amide bonds. The molecule has 0 saturated heterocycles. The molecule has 2 rings (SSSR count). The minimum atomic E-state index is 0.775. The molecule has 1 aromatic heterocycles. The van der Waals surface area contributed by atoms with Gasteiger partial charge >= 0.3 is 0 Å². The predicted octanol–water partition coefficient (Wildman–Crippen LogP) is 3.33. The van der Waals surface area contributed by atoms with E-state index in [4.69, 9.17) is 11.6 Å². The fourth-order valence-corrected chi connectivity index (χ4v) is 1.79. The van der Waals surface area contributed by atoms with Crippen molar-refractivity contribution in [2.75, 3.05) is 0 Å². The molecule has 17 heavy (non-hydrogen) atoms. The highest BCUT2D eigenvalue weighted by Crippen LogP contribution is 2.09. The monoisotopic (exact) mass is 246 g/mol. The van der Waals surface area contributed by atoms with E-state index in [2.05, 4.69) is 23.3 Å². The standard InChI is InChI=1S/C14H15ClN2/c1-11-6-13(9-16-7-11)10-17-8-12-2-4-14(15)5-3-12/h2-7,9,17H,8,10H2,1H3. The van der Waals surface area contributed by atoms with Crippen LogP contribution < -0.4 is 5.32 Å². The largest absolute Gasteiger partial charge is 0.309 e. The molecule has 1 heterocycles. The predicted molar refractivity (Wildman–Crippen MR) is 71.0 cm³/mol. The third-order valence-electron chi connectivity index (χ3n) is 2.50. The quantitative estimate of drug-likeness (QED) is 0.895. The smallest absolute Gasteiger partial charge is 0.0406 e. The molecule has 0 aliphatic rings. The number of aromatic nitrogens is 1. The van der Waals surface area contributed by atoms with Crippen LogP contribution in [-0.4, -0.2) is 4.98 Å². The third-order valence-corrected chi connectivity index (χ3v) is 2.76. The van der Waals surface area contributed by atoms with Crippen LogP contribution in [0, 0.1) is 6.92 Å². The van der Waals surface area contributed by atoms with Crippen molar-refractivity contribution in [1.29, 1.82) is 0 Å². The highest BCUT2D eigenvalue weighted by Gasteiger charge is 1.95. The summed E-state index contributed by atoms with van der Waals surface area (Å²) in [5.74, 6) is 0. The van der Waals surface area contributed by atoms with Crippen molar-refractivity contribution in [2.45, 2.75) is 20.0 Å². The first-order valence-corrected chi connectivity index (χ1v) is 5.97. The number of benzene rings is 1. The number of halogens is 1. The maximum atomic E-state index is 5.83. The van der Waals surface area contributed by atoms with E-state index in [1.165, 1.54) is 16.7 Å². The zero-order valence-corrected chi connectivity index (χ0v) is 10.5. The molecule has 0 spiro atoms. The molecule has 0 fully saturated rings. The Morgan fingerprint density at radius 2 is 1.76 bits per heavy atom. The Hall–Kier alpha value is -1.38. The van der Waals surface area contributed by atoms with Crippen molar-refractivity contribution in [1.82, 2.24) is 10.3 Å². The van der Waals surface area contributed by atoms with Crippen molar-refractivity contribution in [3.05, 3.63) is 64.4 Å². The van der Waals surface area contributed by atoms with Gasteiger partial charge in [0, 0.05) is 30.5 Å². The Balaban J connectivity index is 1.85. The van der Waals surface area contributed by atoms with Gasteiger partial charge in [-0.2, -0.15) is 0 Å². The van der Waals surface area contributed by atoms with E-state index in [1.54, 1.807) is 0 Å². The SMILES string of the molecule is Cc1cncc(CNCc2ccc(Cl)cc2)c1. The zero-order valence-electron chi connectivity index (χ0n) is 9.78. The molecule has 2 aromatic rings. The molecule has 3 heteroatoms. The number of hydrogen-bond acceptors (Lipinski definition) is 2. The van der Waals surface area contributed by atoms with Gasteiger partial charge in [0.2, 0.25) is 0 Å². The molecule has 0 aliphatic carbocycles. The highest BCUT2D eigenvalue weighted by atomic mass is 35.5. The number of hydrogen-bond donors (Lipinski definition) is 1. The molecular weight excluding hydrogens is 232 g/mol. The Kier molecular flexibility index (Phi) is 4.13. The summed E-state index contributed by atoms with van der Waals surface area (Å²) < 4.78 is 0. The molecule has 0 bridgehead atoms. The average molecular weight is 247 g/mol. The minimum Gasteiger partial charge on any atom is -0.309 e. The molecule has 0 saturated carbocycles. The Morgan fingerprint density at radius 3 is 2.47 bits per heavy atom. The summed E-state index contributed by atoms with van der Waals surface area (Å²) >= 11 is 5.83. The Bertz CT molecular complexity index is 480. The summed E-state index contributed by atoms with van der Waals surface area (Å²) in [7, 11) is 0. The van der Waals surface area contributed by atoms with E-state index in [9.17, 15) is 0 Å². The van der Waals surface area contributed by atoms with Crippen molar-refractivity contribution in [3.8, 4) is 0 Å². The average Bonchev–Trinajstić information content (AvgIpc) is 2.32. The summed E-state index contributed by atoms with van der Waals surface area (Å²) in [6.45, 7) is 3.72. The highest BCUT2D eigenvalue weighted by molar-refractivity contribution is 6.30. The fourth-order valence-electron chi connectivity index (χ4n) is 1.67. The van der Waals surface area contributed by atoms with Crippen LogP contribution in [0.5, 0.6) is 0 Å². The van der Waals surface area contributed by atoms with Crippen LogP contribution in [-0.2, 0) is 13.1 Å². The Morgan fingerprint density at radius 1 is 1.06 bits per heavy atom. The van der Waals surface area contributed by atoms with Crippen LogP contribution in [0.1, 0.15) is 16.7 Å². The van der Waals surface area contributed by atoms with E-state index in [0.29, 0.717) is 0 Å². The van der Waals surface area contributed by atoms with Gasteiger partial charge in [0.1, 0.15) is 0 Å². The van der Waals surface area contributed by atoms with E-state index in [-0.39, 0.29) is 0 Å². The van der Waals surface area contributed by atoms with Gasteiger partial charge in [-0.1, -0.05) is 29.8 Å². The van der Waals surface area contributed by atoms with Gasteiger partial charge < -0.3 is 5.32 Å². The molecule has 0 unspecified atom stereocenters. The lowest BCUT2D eigenvalue weighted by molar-refractivity contribution is 0.691. The van der Waals surface area contributed by atoms with Gasteiger partial charge in [-0.05, 0) is 35.7 Å². The van der Waals surface area contributed by atoms with Crippen molar-refractivity contribution >= 4 is 11.6 Å². The van der Waals surface area contributed by atoms with Gasteiger partial charge in [0.15, 0.2) is 0 Å². The second-order valence-electron chi connectivity index (χ2n) is 4.10. The van der Waals surface area contributed by atoms with Crippen LogP contribution >= 0.6 is 11.6 Å². The first kappa shape index (κ1) is 12.1. The van der Waals surface area contributed by atoms with Crippen LogP contribution in [0.25, 0.3) is 0 Å². The molecule has 0 aliphatic heterocycles. The summed E-state index contributed by atoms with van der Waals surface area (Å²) in [6, 6.07) is 10.0. The van der Waals surface area contributed by atoms with Crippen LogP contribution in [0.4, 0.5) is 0 Å². The van der Waals surface area contributed by atoms with Crippen molar-refractivity contribution in [2.24, 2.45) is 0 Å². The first-order chi connectivity index (χ1) is 8.24. The van der Waals surface area contributed by atoms with Crippen molar-refractivity contribution < 1.29 is 0 Å². The maximum absolute atomic E-state index is 5.83. The summed E-state index contributed by atoms with van der Waals surface area (Å²) in [4.78, 5) is 4.16. The molecular formula is C14H15ClN2. The first-order valence-electron chi connectivity index (χ1n) is 5.60. The van der Waals surface area contributed by atoms with Crippen LogP contribution in [0.2, 0.25) is 5.02 Å². The second kappa shape index (κ2) is 5.80. The normalized spacial score (nSPS) is 10.5. The Labute approximate surface area is 107 Å². The van der Waals surface area contributed by atoms with Crippen LogP contribution in [0.15, 0.2) is 42.7 Å². The fraction of sp³-hybridized carbons (Fsp3) is 0.214. The maximum Gasteiger partial charge on any atom is 0.0406 e.